The number of hydrogen-bond acceptors (Lipinski definition) is 8. The van der Waals surface area contributed by atoms with Gasteiger partial charge in [-0.05, 0) is 31.2 Å². The van der Waals surface area contributed by atoms with E-state index in [0.717, 1.165) is 16.2 Å². The first-order chi connectivity index (χ1) is 12.5. The molecule has 2 amide bonds. The maximum atomic E-state index is 12.3. The average Bonchev–Trinajstić information content (AvgIpc) is 3.25. The molecule has 136 valence electrons. The van der Waals surface area contributed by atoms with Crippen LogP contribution in [0, 0.1) is 6.92 Å². The van der Waals surface area contributed by atoms with Crippen LogP contribution in [0.1, 0.15) is 15.4 Å². The molecule has 0 atom stereocenters. The number of carbonyl (C=O) groups is 3. The van der Waals surface area contributed by atoms with Crippen molar-refractivity contribution in [3.63, 3.8) is 0 Å². The molecule has 1 aromatic heterocycles. The molecule has 0 radical (unpaired) electrons. The Morgan fingerprint density at radius 2 is 2.04 bits per heavy atom. The van der Waals surface area contributed by atoms with Crippen LogP contribution in [0.4, 0.5) is 4.79 Å². The van der Waals surface area contributed by atoms with Crippen LogP contribution < -0.4 is 4.74 Å². The highest BCUT2D eigenvalue weighted by Crippen LogP contribution is 2.29. The molecule has 9 heteroatoms. The van der Waals surface area contributed by atoms with Crippen LogP contribution in [-0.4, -0.2) is 54.7 Å². The van der Waals surface area contributed by atoms with Crippen LogP contribution in [0.2, 0.25) is 0 Å². The summed E-state index contributed by atoms with van der Waals surface area (Å²) in [6, 6.07) is 7.29. The smallest absolute Gasteiger partial charge is 0.416 e. The summed E-state index contributed by atoms with van der Waals surface area (Å²) in [5.41, 5.74) is 1.35. The van der Waals surface area contributed by atoms with Gasteiger partial charge in [0.1, 0.15) is 22.2 Å². The SMILES string of the molecule is COc1ccc(-c2nc(C)c(C(=O)OCC(=O)N3CCOC3=O)s2)cc1. The highest BCUT2D eigenvalue weighted by molar-refractivity contribution is 7.17. The van der Waals surface area contributed by atoms with E-state index >= 15 is 0 Å². The number of ether oxygens (including phenoxy) is 3. The van der Waals surface area contributed by atoms with E-state index < -0.39 is 24.6 Å². The topological polar surface area (TPSA) is 95.0 Å². The van der Waals surface area contributed by atoms with Crippen molar-refractivity contribution in [1.82, 2.24) is 9.88 Å². The van der Waals surface area contributed by atoms with E-state index in [4.69, 9.17) is 9.47 Å². The monoisotopic (exact) mass is 376 g/mol. The summed E-state index contributed by atoms with van der Waals surface area (Å²) in [5.74, 6) is -0.542. The lowest BCUT2D eigenvalue weighted by atomic mass is 10.2. The molecule has 0 unspecified atom stereocenters. The number of thiazole rings is 1. The molecule has 0 aliphatic carbocycles. The minimum Gasteiger partial charge on any atom is -0.497 e. The van der Waals surface area contributed by atoms with Gasteiger partial charge in [-0.25, -0.2) is 19.5 Å². The Morgan fingerprint density at radius 1 is 1.31 bits per heavy atom. The Morgan fingerprint density at radius 3 is 2.65 bits per heavy atom. The number of imide groups is 1. The van der Waals surface area contributed by atoms with Crippen molar-refractivity contribution < 1.29 is 28.6 Å². The summed E-state index contributed by atoms with van der Waals surface area (Å²) in [6.45, 7) is 1.48. The molecule has 8 nitrogen and oxygen atoms in total. The fourth-order valence-electron chi connectivity index (χ4n) is 2.33. The predicted octanol–water partition coefficient (Wildman–Crippen LogP) is 2.26. The number of aryl methyl sites for hydroxylation is 1. The zero-order valence-corrected chi connectivity index (χ0v) is 15.0. The molecule has 0 spiro atoms. The number of aromatic nitrogens is 1. The van der Waals surface area contributed by atoms with Gasteiger partial charge in [-0.15, -0.1) is 11.3 Å². The molecule has 2 heterocycles. The largest absolute Gasteiger partial charge is 0.497 e. The Balaban J connectivity index is 1.67. The van der Waals surface area contributed by atoms with Crippen LogP contribution in [0.5, 0.6) is 5.75 Å². The summed E-state index contributed by atoms with van der Waals surface area (Å²) >= 11 is 1.18. The zero-order valence-electron chi connectivity index (χ0n) is 14.2. The molecular weight excluding hydrogens is 360 g/mol. The Hall–Kier alpha value is -2.94. The lowest BCUT2D eigenvalue weighted by Gasteiger charge is -2.10. The van der Waals surface area contributed by atoms with Gasteiger partial charge in [0.25, 0.3) is 5.91 Å². The first kappa shape index (κ1) is 17.9. The molecule has 2 aromatic rings. The summed E-state index contributed by atoms with van der Waals surface area (Å²) in [4.78, 5) is 41.1. The molecule has 1 saturated heterocycles. The second-order valence-corrected chi connectivity index (χ2v) is 6.40. The first-order valence-corrected chi connectivity index (χ1v) is 8.57. The quantitative estimate of drug-likeness (QED) is 0.739. The molecule has 1 aliphatic heterocycles. The van der Waals surface area contributed by atoms with E-state index in [2.05, 4.69) is 9.72 Å². The van der Waals surface area contributed by atoms with Gasteiger partial charge in [-0.3, -0.25) is 4.79 Å². The second kappa shape index (κ2) is 7.52. The standard InChI is InChI=1S/C17H16N2O6S/c1-10-14(16(21)25-9-13(20)19-7-8-24-17(19)22)26-15(18-10)11-3-5-12(23-2)6-4-11/h3-6H,7-9H2,1-2H3. The minimum atomic E-state index is -0.721. The van der Waals surface area contributed by atoms with Crippen molar-refractivity contribution in [2.45, 2.75) is 6.92 Å². The normalized spacial score (nSPS) is 13.5. The van der Waals surface area contributed by atoms with Gasteiger partial charge in [0.2, 0.25) is 0 Å². The fourth-order valence-corrected chi connectivity index (χ4v) is 3.30. The van der Waals surface area contributed by atoms with Gasteiger partial charge in [-0.2, -0.15) is 0 Å². The van der Waals surface area contributed by atoms with Gasteiger partial charge in [0.05, 0.1) is 19.3 Å². The van der Waals surface area contributed by atoms with E-state index in [1.807, 2.05) is 12.1 Å². The van der Waals surface area contributed by atoms with Crippen LogP contribution in [0.3, 0.4) is 0 Å². The molecule has 0 bridgehead atoms. The summed E-state index contributed by atoms with van der Waals surface area (Å²) < 4.78 is 14.8. The van der Waals surface area contributed by atoms with Crippen LogP contribution in [0.25, 0.3) is 10.6 Å². The second-order valence-electron chi connectivity index (χ2n) is 5.40. The maximum Gasteiger partial charge on any atom is 0.416 e. The minimum absolute atomic E-state index is 0.150. The highest BCUT2D eigenvalue weighted by Gasteiger charge is 2.29. The number of amides is 2. The third-order valence-corrected chi connectivity index (χ3v) is 4.89. The van der Waals surface area contributed by atoms with Crippen molar-refractivity contribution in [3.05, 3.63) is 34.8 Å². The molecule has 1 aliphatic rings. The molecule has 1 fully saturated rings. The zero-order chi connectivity index (χ0) is 18.7. The number of esters is 1. The molecule has 3 rings (SSSR count). The lowest BCUT2D eigenvalue weighted by molar-refractivity contribution is -0.131. The van der Waals surface area contributed by atoms with Gasteiger partial charge >= 0.3 is 12.1 Å². The van der Waals surface area contributed by atoms with Gasteiger partial charge in [0, 0.05) is 5.56 Å². The lowest BCUT2D eigenvalue weighted by Crippen LogP contribution is -2.35. The number of hydrogen-bond donors (Lipinski definition) is 0. The van der Waals surface area contributed by atoms with Crippen LogP contribution in [-0.2, 0) is 14.3 Å². The van der Waals surface area contributed by atoms with Crippen molar-refractivity contribution in [3.8, 4) is 16.3 Å². The van der Waals surface area contributed by atoms with Gasteiger partial charge in [0.15, 0.2) is 6.61 Å². The highest BCUT2D eigenvalue weighted by atomic mass is 32.1. The molecule has 1 aromatic carbocycles. The van der Waals surface area contributed by atoms with Crippen LogP contribution in [0.15, 0.2) is 24.3 Å². The average molecular weight is 376 g/mol. The molecule has 0 saturated carbocycles. The fraction of sp³-hybridized carbons (Fsp3) is 0.294. The predicted molar refractivity (Wildman–Crippen MR) is 92.2 cm³/mol. The summed E-state index contributed by atoms with van der Waals surface area (Å²) in [6.07, 6.45) is -0.721. The Bertz CT molecular complexity index is 845. The number of rotatable bonds is 5. The van der Waals surface area contributed by atoms with Gasteiger partial charge < -0.3 is 14.2 Å². The summed E-state index contributed by atoms with van der Waals surface area (Å²) in [5, 5.41) is 0.659. The molecule has 26 heavy (non-hydrogen) atoms. The van der Waals surface area contributed by atoms with E-state index in [1.54, 1.807) is 26.2 Å². The maximum absolute atomic E-state index is 12.3. The van der Waals surface area contributed by atoms with E-state index in [9.17, 15) is 14.4 Å². The summed E-state index contributed by atoms with van der Waals surface area (Å²) in [7, 11) is 1.58. The Kier molecular flexibility index (Phi) is 5.17. The molecule has 0 N–H and O–H groups in total. The first-order valence-electron chi connectivity index (χ1n) is 7.75. The van der Waals surface area contributed by atoms with Gasteiger partial charge in [-0.1, -0.05) is 0 Å². The van der Waals surface area contributed by atoms with E-state index in [1.165, 1.54) is 11.3 Å². The van der Waals surface area contributed by atoms with E-state index in [-0.39, 0.29) is 13.2 Å². The number of methoxy groups -OCH3 is 1. The van der Waals surface area contributed by atoms with E-state index in [0.29, 0.717) is 15.6 Å². The third-order valence-electron chi connectivity index (χ3n) is 3.71. The number of benzene rings is 1. The van der Waals surface area contributed by atoms with Crippen molar-refractivity contribution >= 4 is 29.3 Å². The van der Waals surface area contributed by atoms with Crippen molar-refractivity contribution in [2.24, 2.45) is 0 Å². The molecular formula is C17H16N2O6S. The number of carbonyl (C=O) groups excluding carboxylic acids is 3. The Labute approximate surface area is 153 Å². The number of cyclic esters (lactones) is 1. The van der Waals surface area contributed by atoms with Crippen LogP contribution >= 0.6 is 11.3 Å². The van der Waals surface area contributed by atoms with Crippen molar-refractivity contribution in [1.29, 1.82) is 0 Å². The third kappa shape index (κ3) is 3.67. The van der Waals surface area contributed by atoms with Crippen molar-refractivity contribution in [2.75, 3.05) is 26.9 Å². The number of nitrogens with zero attached hydrogens (tertiary/aromatic N) is 2.